The molecule has 0 aromatic carbocycles. The van der Waals surface area contributed by atoms with Gasteiger partial charge in [0, 0.05) is 7.05 Å². The summed E-state index contributed by atoms with van der Waals surface area (Å²) < 4.78 is 0. The van der Waals surface area contributed by atoms with Crippen LogP contribution in [-0.4, -0.2) is 41.9 Å². The topological polar surface area (TPSA) is 78.5 Å². The van der Waals surface area contributed by atoms with Crippen molar-refractivity contribution in [1.82, 2.24) is 15.5 Å². The van der Waals surface area contributed by atoms with Crippen LogP contribution in [0.1, 0.15) is 20.3 Å². The van der Waals surface area contributed by atoms with Crippen molar-refractivity contribution >= 4 is 17.8 Å². The molecule has 0 radical (unpaired) electrons. The maximum absolute atomic E-state index is 11.8. The Bertz CT molecular complexity index is 316. The van der Waals surface area contributed by atoms with E-state index >= 15 is 0 Å². The van der Waals surface area contributed by atoms with Crippen LogP contribution in [-0.2, 0) is 9.59 Å². The molecule has 6 nitrogen and oxygen atoms in total. The minimum absolute atomic E-state index is 0.225. The molecule has 0 bridgehead atoms. The average Bonchev–Trinajstić information content (AvgIpc) is 2.42. The van der Waals surface area contributed by atoms with E-state index in [1.54, 1.807) is 6.92 Å². The Balaban J connectivity index is 2.80. The van der Waals surface area contributed by atoms with Gasteiger partial charge in [-0.3, -0.25) is 14.5 Å². The third kappa shape index (κ3) is 1.93. The Kier molecular flexibility index (Phi) is 2.97. The molecule has 0 aromatic heterocycles. The SMILES string of the molecule is CCC1(C)NC(=O)N(CC(=O)NC)C1=O. The predicted octanol–water partition coefficient (Wildman–Crippen LogP) is -0.547. The molecule has 1 atom stereocenters. The molecule has 15 heavy (non-hydrogen) atoms. The number of carbonyl (C=O) groups excluding carboxylic acids is 3. The van der Waals surface area contributed by atoms with Gasteiger partial charge in [0.25, 0.3) is 5.91 Å². The van der Waals surface area contributed by atoms with Crippen LogP contribution >= 0.6 is 0 Å². The molecule has 0 aliphatic carbocycles. The molecule has 1 aliphatic rings. The summed E-state index contributed by atoms with van der Waals surface area (Å²) >= 11 is 0. The second-order valence-corrected chi connectivity index (χ2v) is 3.68. The van der Waals surface area contributed by atoms with Crippen LogP contribution in [0.4, 0.5) is 4.79 Å². The summed E-state index contributed by atoms with van der Waals surface area (Å²) in [5.74, 6) is -0.711. The Labute approximate surface area is 88.0 Å². The summed E-state index contributed by atoms with van der Waals surface area (Å²) in [4.78, 5) is 35.2. The number of nitrogens with zero attached hydrogens (tertiary/aromatic N) is 1. The number of hydrogen-bond acceptors (Lipinski definition) is 3. The van der Waals surface area contributed by atoms with E-state index in [1.807, 2.05) is 6.92 Å². The molecule has 0 spiro atoms. The normalized spacial score (nSPS) is 25.4. The fraction of sp³-hybridized carbons (Fsp3) is 0.667. The highest BCUT2D eigenvalue weighted by atomic mass is 16.2. The van der Waals surface area contributed by atoms with Gasteiger partial charge in [0.05, 0.1) is 0 Å². The Hall–Kier alpha value is -1.59. The fourth-order valence-electron chi connectivity index (χ4n) is 1.35. The van der Waals surface area contributed by atoms with E-state index in [2.05, 4.69) is 10.6 Å². The zero-order valence-electron chi connectivity index (χ0n) is 9.09. The summed E-state index contributed by atoms with van der Waals surface area (Å²) in [5, 5.41) is 4.93. The van der Waals surface area contributed by atoms with Crippen molar-refractivity contribution < 1.29 is 14.4 Å². The maximum Gasteiger partial charge on any atom is 0.325 e. The summed E-state index contributed by atoms with van der Waals surface area (Å²) in [5.41, 5.74) is -0.870. The van der Waals surface area contributed by atoms with Crippen molar-refractivity contribution in [1.29, 1.82) is 0 Å². The van der Waals surface area contributed by atoms with E-state index in [0.29, 0.717) is 6.42 Å². The van der Waals surface area contributed by atoms with Crippen molar-refractivity contribution in [2.24, 2.45) is 0 Å². The molecule has 0 saturated carbocycles. The van der Waals surface area contributed by atoms with E-state index in [-0.39, 0.29) is 18.4 Å². The molecule has 1 aliphatic heterocycles. The number of nitrogens with one attached hydrogen (secondary N) is 2. The van der Waals surface area contributed by atoms with Gasteiger partial charge in [0.2, 0.25) is 5.91 Å². The predicted molar refractivity (Wildman–Crippen MR) is 53.0 cm³/mol. The quantitative estimate of drug-likeness (QED) is 0.617. The number of carbonyl (C=O) groups is 3. The van der Waals surface area contributed by atoms with Crippen molar-refractivity contribution in [3.63, 3.8) is 0 Å². The summed E-state index contributed by atoms with van der Waals surface area (Å²) in [7, 11) is 1.46. The summed E-state index contributed by atoms with van der Waals surface area (Å²) in [6.45, 7) is 3.23. The van der Waals surface area contributed by atoms with Gasteiger partial charge in [-0.15, -0.1) is 0 Å². The highest BCUT2D eigenvalue weighted by molar-refractivity contribution is 6.08. The summed E-state index contributed by atoms with van der Waals surface area (Å²) in [6, 6.07) is -0.507. The maximum atomic E-state index is 11.8. The van der Waals surface area contributed by atoms with Gasteiger partial charge in [0.15, 0.2) is 0 Å². The number of rotatable bonds is 3. The number of amides is 4. The van der Waals surface area contributed by atoms with E-state index in [1.165, 1.54) is 7.05 Å². The first kappa shape index (κ1) is 11.5. The lowest BCUT2D eigenvalue weighted by molar-refractivity contribution is -0.134. The number of urea groups is 1. The molecule has 4 amide bonds. The largest absolute Gasteiger partial charge is 0.358 e. The van der Waals surface area contributed by atoms with Crippen LogP contribution in [0.2, 0.25) is 0 Å². The zero-order valence-corrected chi connectivity index (χ0v) is 9.09. The molecule has 6 heteroatoms. The molecule has 1 rings (SSSR count). The lowest BCUT2D eigenvalue weighted by Crippen LogP contribution is -2.44. The Morgan fingerprint density at radius 1 is 1.53 bits per heavy atom. The summed E-state index contributed by atoms with van der Waals surface area (Å²) in [6.07, 6.45) is 0.502. The van der Waals surface area contributed by atoms with Crippen molar-refractivity contribution in [2.45, 2.75) is 25.8 Å². The number of likely N-dealkylation sites (N-methyl/N-ethyl adjacent to an activating group) is 1. The van der Waals surface area contributed by atoms with Gasteiger partial charge in [-0.1, -0.05) is 6.92 Å². The van der Waals surface area contributed by atoms with E-state index < -0.39 is 11.6 Å². The first-order valence-electron chi connectivity index (χ1n) is 4.79. The third-order valence-electron chi connectivity index (χ3n) is 2.63. The number of imide groups is 1. The van der Waals surface area contributed by atoms with Crippen molar-refractivity contribution in [3.05, 3.63) is 0 Å². The highest BCUT2D eigenvalue weighted by Gasteiger charge is 2.46. The van der Waals surface area contributed by atoms with Crippen LogP contribution in [0.3, 0.4) is 0 Å². The third-order valence-corrected chi connectivity index (χ3v) is 2.63. The van der Waals surface area contributed by atoms with Crippen molar-refractivity contribution in [2.75, 3.05) is 13.6 Å². The van der Waals surface area contributed by atoms with E-state index in [9.17, 15) is 14.4 Å². The molecule has 1 heterocycles. The number of hydrogen-bond donors (Lipinski definition) is 2. The van der Waals surface area contributed by atoms with E-state index in [0.717, 1.165) is 4.90 Å². The fourth-order valence-corrected chi connectivity index (χ4v) is 1.35. The molecule has 1 unspecified atom stereocenters. The van der Waals surface area contributed by atoms with Gasteiger partial charge in [-0.25, -0.2) is 4.79 Å². The van der Waals surface area contributed by atoms with Gasteiger partial charge in [-0.2, -0.15) is 0 Å². The second-order valence-electron chi connectivity index (χ2n) is 3.68. The molecule has 1 fully saturated rings. The molecule has 84 valence electrons. The van der Waals surface area contributed by atoms with E-state index in [4.69, 9.17) is 0 Å². The highest BCUT2D eigenvalue weighted by Crippen LogP contribution is 2.20. The first-order valence-corrected chi connectivity index (χ1v) is 4.79. The minimum Gasteiger partial charge on any atom is -0.358 e. The van der Waals surface area contributed by atoms with Gasteiger partial charge in [0.1, 0.15) is 12.1 Å². The van der Waals surface area contributed by atoms with Crippen LogP contribution < -0.4 is 10.6 Å². The van der Waals surface area contributed by atoms with Crippen LogP contribution in [0.15, 0.2) is 0 Å². The Morgan fingerprint density at radius 2 is 2.13 bits per heavy atom. The first-order chi connectivity index (χ1) is 6.94. The monoisotopic (exact) mass is 213 g/mol. The molecule has 0 aromatic rings. The molecular weight excluding hydrogens is 198 g/mol. The van der Waals surface area contributed by atoms with Crippen LogP contribution in [0.5, 0.6) is 0 Å². The lowest BCUT2D eigenvalue weighted by Gasteiger charge is -2.18. The zero-order chi connectivity index (χ0) is 11.6. The minimum atomic E-state index is -0.870. The van der Waals surface area contributed by atoms with Gasteiger partial charge in [-0.05, 0) is 13.3 Å². The van der Waals surface area contributed by atoms with Crippen LogP contribution in [0.25, 0.3) is 0 Å². The standard InChI is InChI=1S/C9H15N3O3/c1-4-9(2)7(14)12(8(15)11-9)5-6(13)10-3/h4-5H2,1-3H3,(H,10,13)(H,11,15). The average molecular weight is 213 g/mol. The lowest BCUT2D eigenvalue weighted by atomic mass is 9.99. The van der Waals surface area contributed by atoms with Crippen molar-refractivity contribution in [3.8, 4) is 0 Å². The molecule has 2 N–H and O–H groups in total. The molecule has 1 saturated heterocycles. The Morgan fingerprint density at radius 3 is 2.53 bits per heavy atom. The second kappa shape index (κ2) is 3.88. The van der Waals surface area contributed by atoms with Gasteiger partial charge >= 0.3 is 6.03 Å². The van der Waals surface area contributed by atoms with Gasteiger partial charge < -0.3 is 10.6 Å². The van der Waals surface area contributed by atoms with Crippen LogP contribution in [0, 0.1) is 0 Å². The smallest absolute Gasteiger partial charge is 0.325 e. The molecular formula is C9H15N3O3.